The largest absolute Gasteiger partial charge is 0.480 e. The highest BCUT2D eigenvalue weighted by Crippen LogP contribution is 1.98. The Hall–Kier alpha value is -2.18. The van der Waals surface area contributed by atoms with Gasteiger partial charge in [0, 0.05) is 19.7 Å². The summed E-state index contributed by atoms with van der Waals surface area (Å²) in [5.41, 5.74) is -0.221. The molecule has 0 aliphatic heterocycles. The average Bonchev–Trinajstić information content (AvgIpc) is 2.30. The van der Waals surface area contributed by atoms with Gasteiger partial charge in [-0.3, -0.25) is 14.4 Å². The number of hydrogen-bond acceptors (Lipinski definition) is 4. The minimum absolute atomic E-state index is 0.0619. The number of aryl methyl sites for hydroxylation is 1. The summed E-state index contributed by atoms with van der Waals surface area (Å²) in [5, 5.41) is 12.5. The second-order valence-corrected chi connectivity index (χ2v) is 3.83. The van der Waals surface area contributed by atoms with E-state index in [1.165, 1.54) is 23.9 Å². The van der Waals surface area contributed by atoms with Crippen molar-refractivity contribution in [3.05, 3.63) is 28.2 Å². The van der Waals surface area contributed by atoms with Crippen molar-refractivity contribution in [3.8, 4) is 0 Å². The lowest BCUT2D eigenvalue weighted by Crippen LogP contribution is -2.34. The number of likely N-dealkylation sites (N-methyl/N-ethyl adjacent to an activating group) is 1. The molecule has 0 atom stereocenters. The van der Waals surface area contributed by atoms with Crippen molar-refractivity contribution in [3.63, 3.8) is 0 Å². The number of carbonyl (C=O) groups is 2. The summed E-state index contributed by atoms with van der Waals surface area (Å²) in [6, 6.07) is 2.56. The van der Waals surface area contributed by atoms with Gasteiger partial charge in [-0.05, 0) is 12.5 Å². The van der Waals surface area contributed by atoms with Crippen LogP contribution < -0.4 is 5.56 Å². The van der Waals surface area contributed by atoms with Crippen LogP contribution in [0.3, 0.4) is 0 Å². The van der Waals surface area contributed by atoms with Crippen molar-refractivity contribution in [2.45, 2.75) is 19.9 Å². The third-order valence-electron chi connectivity index (χ3n) is 2.24. The summed E-state index contributed by atoms with van der Waals surface area (Å²) < 4.78 is 1.20. The van der Waals surface area contributed by atoms with Crippen LogP contribution in [0.25, 0.3) is 0 Å². The summed E-state index contributed by atoms with van der Waals surface area (Å²) in [6.45, 7) is 1.90. The monoisotopic (exact) mass is 253 g/mol. The van der Waals surface area contributed by atoms with Crippen LogP contribution in [-0.4, -0.2) is 45.3 Å². The molecule has 0 aliphatic carbocycles. The standard InChI is InChI=1S/C11H15N3O4/c1-3-6-14-9(15)5-4-8(12-14)11(18)13(2)7-10(16)17/h4-5H,3,6-7H2,1-2H3,(H,16,17). The first-order valence-corrected chi connectivity index (χ1v) is 5.51. The third kappa shape index (κ3) is 3.41. The number of aliphatic carboxylic acids is 1. The molecule has 0 aromatic carbocycles. The lowest BCUT2D eigenvalue weighted by molar-refractivity contribution is -0.137. The quantitative estimate of drug-likeness (QED) is 0.785. The maximum atomic E-state index is 11.8. The van der Waals surface area contributed by atoms with Crippen molar-refractivity contribution in [2.24, 2.45) is 0 Å². The van der Waals surface area contributed by atoms with Gasteiger partial charge in [0.1, 0.15) is 12.2 Å². The molecular formula is C11H15N3O4. The highest BCUT2D eigenvalue weighted by atomic mass is 16.4. The Morgan fingerprint density at radius 2 is 2.11 bits per heavy atom. The average molecular weight is 253 g/mol. The number of carboxylic acid groups (broad SMARTS) is 1. The van der Waals surface area contributed by atoms with Gasteiger partial charge in [-0.2, -0.15) is 5.10 Å². The molecule has 0 radical (unpaired) electrons. The molecule has 1 aromatic heterocycles. The number of aromatic nitrogens is 2. The smallest absolute Gasteiger partial charge is 0.323 e. The van der Waals surface area contributed by atoms with Gasteiger partial charge in [0.15, 0.2) is 0 Å². The van der Waals surface area contributed by atoms with Crippen molar-refractivity contribution in [2.75, 3.05) is 13.6 Å². The van der Waals surface area contributed by atoms with E-state index in [1.807, 2.05) is 6.92 Å². The summed E-state index contributed by atoms with van der Waals surface area (Å²) in [6.07, 6.45) is 0.718. The van der Waals surface area contributed by atoms with Crippen LogP contribution in [0, 0.1) is 0 Å². The summed E-state index contributed by atoms with van der Waals surface area (Å²) in [4.78, 5) is 34.8. The second kappa shape index (κ2) is 5.95. The molecule has 0 spiro atoms. The van der Waals surface area contributed by atoms with Crippen LogP contribution in [0.2, 0.25) is 0 Å². The molecule has 0 aliphatic rings. The van der Waals surface area contributed by atoms with E-state index < -0.39 is 18.4 Å². The number of carbonyl (C=O) groups excluding carboxylic acids is 1. The molecule has 0 saturated carbocycles. The molecule has 1 aromatic rings. The third-order valence-corrected chi connectivity index (χ3v) is 2.24. The number of nitrogens with zero attached hydrogens (tertiary/aromatic N) is 3. The minimum atomic E-state index is -1.10. The molecule has 1 heterocycles. The topological polar surface area (TPSA) is 92.5 Å². The molecule has 98 valence electrons. The Bertz CT molecular complexity index is 509. The maximum Gasteiger partial charge on any atom is 0.323 e. The summed E-state index contributed by atoms with van der Waals surface area (Å²) in [5.74, 6) is -1.63. The van der Waals surface area contributed by atoms with Gasteiger partial charge in [0.2, 0.25) is 0 Å². The SMILES string of the molecule is CCCn1nc(C(=O)N(C)CC(=O)O)ccc1=O. The molecule has 0 unspecified atom stereocenters. The van der Waals surface area contributed by atoms with Gasteiger partial charge < -0.3 is 10.0 Å². The Morgan fingerprint density at radius 3 is 2.67 bits per heavy atom. The summed E-state index contributed by atoms with van der Waals surface area (Å²) in [7, 11) is 1.37. The normalized spacial score (nSPS) is 10.1. The Morgan fingerprint density at radius 1 is 1.44 bits per heavy atom. The lowest BCUT2D eigenvalue weighted by atomic mass is 10.3. The van der Waals surface area contributed by atoms with E-state index in [9.17, 15) is 14.4 Å². The zero-order valence-electron chi connectivity index (χ0n) is 10.3. The fourth-order valence-electron chi connectivity index (χ4n) is 1.41. The van der Waals surface area contributed by atoms with E-state index in [0.717, 1.165) is 11.3 Å². The predicted octanol–water partition coefficient (Wildman–Crippen LogP) is -0.190. The van der Waals surface area contributed by atoms with Gasteiger partial charge in [-0.25, -0.2) is 4.68 Å². The first kappa shape index (κ1) is 13.9. The van der Waals surface area contributed by atoms with E-state index in [4.69, 9.17) is 5.11 Å². The summed E-state index contributed by atoms with van der Waals surface area (Å²) >= 11 is 0. The van der Waals surface area contributed by atoms with Crippen LogP contribution in [0.4, 0.5) is 0 Å². The number of hydrogen-bond donors (Lipinski definition) is 1. The first-order chi connectivity index (χ1) is 8.45. The van der Waals surface area contributed by atoms with Crippen LogP contribution in [0.5, 0.6) is 0 Å². The molecule has 1 amide bonds. The highest BCUT2D eigenvalue weighted by molar-refractivity contribution is 5.93. The number of amides is 1. The van der Waals surface area contributed by atoms with Crippen LogP contribution in [-0.2, 0) is 11.3 Å². The molecule has 1 rings (SSSR count). The highest BCUT2D eigenvalue weighted by Gasteiger charge is 2.16. The molecule has 7 nitrogen and oxygen atoms in total. The van der Waals surface area contributed by atoms with Crippen LogP contribution >= 0.6 is 0 Å². The lowest BCUT2D eigenvalue weighted by Gasteiger charge is -2.14. The van der Waals surface area contributed by atoms with Gasteiger partial charge in [-0.1, -0.05) is 6.92 Å². The van der Waals surface area contributed by atoms with Crippen molar-refractivity contribution in [1.29, 1.82) is 0 Å². The van der Waals surface area contributed by atoms with E-state index >= 15 is 0 Å². The van der Waals surface area contributed by atoms with E-state index in [1.54, 1.807) is 0 Å². The van der Waals surface area contributed by atoms with Crippen LogP contribution in [0.15, 0.2) is 16.9 Å². The van der Waals surface area contributed by atoms with Crippen LogP contribution in [0.1, 0.15) is 23.8 Å². The molecule has 18 heavy (non-hydrogen) atoms. The Kier molecular flexibility index (Phi) is 4.59. The molecule has 7 heteroatoms. The van der Waals surface area contributed by atoms with Crippen molar-refractivity contribution >= 4 is 11.9 Å². The fourth-order valence-corrected chi connectivity index (χ4v) is 1.41. The van der Waals surface area contributed by atoms with E-state index in [-0.39, 0.29) is 11.3 Å². The van der Waals surface area contributed by atoms with E-state index in [0.29, 0.717) is 6.54 Å². The molecular weight excluding hydrogens is 238 g/mol. The molecule has 0 bridgehead atoms. The van der Waals surface area contributed by atoms with Gasteiger partial charge in [-0.15, -0.1) is 0 Å². The zero-order valence-corrected chi connectivity index (χ0v) is 10.3. The van der Waals surface area contributed by atoms with Crippen molar-refractivity contribution in [1.82, 2.24) is 14.7 Å². The molecule has 0 fully saturated rings. The first-order valence-electron chi connectivity index (χ1n) is 5.51. The minimum Gasteiger partial charge on any atom is -0.480 e. The van der Waals surface area contributed by atoms with E-state index in [2.05, 4.69) is 5.10 Å². The fraction of sp³-hybridized carbons (Fsp3) is 0.455. The van der Waals surface area contributed by atoms with Gasteiger partial charge in [0.25, 0.3) is 11.5 Å². The predicted molar refractivity (Wildman–Crippen MR) is 63.4 cm³/mol. The van der Waals surface area contributed by atoms with Crippen molar-refractivity contribution < 1.29 is 14.7 Å². The number of carboxylic acids is 1. The Balaban J connectivity index is 2.96. The second-order valence-electron chi connectivity index (χ2n) is 3.83. The Labute approximate surface area is 104 Å². The zero-order chi connectivity index (χ0) is 13.7. The molecule has 0 saturated heterocycles. The molecule has 1 N–H and O–H groups in total. The van der Waals surface area contributed by atoms with Gasteiger partial charge in [0.05, 0.1) is 0 Å². The maximum absolute atomic E-state index is 11.8. The number of rotatable bonds is 5. The van der Waals surface area contributed by atoms with Gasteiger partial charge >= 0.3 is 5.97 Å².